The maximum Gasteiger partial charge on any atom is 0.253 e. The number of pyridine rings is 1. The second-order valence-electron chi connectivity index (χ2n) is 8.39. The van der Waals surface area contributed by atoms with Crippen molar-refractivity contribution in [2.45, 2.75) is 64.3 Å². The van der Waals surface area contributed by atoms with E-state index in [-0.39, 0.29) is 11.9 Å². The Labute approximate surface area is 178 Å². The first-order chi connectivity index (χ1) is 14.6. The number of nitrogens with zero attached hydrogens (tertiary/aromatic N) is 3. The van der Waals surface area contributed by atoms with Gasteiger partial charge in [0.05, 0.1) is 23.9 Å². The van der Waals surface area contributed by atoms with Crippen LogP contribution in [0.15, 0.2) is 18.5 Å². The Kier molecular flexibility index (Phi) is 6.71. The Bertz CT molecular complexity index is 871. The van der Waals surface area contributed by atoms with Crippen molar-refractivity contribution in [1.29, 1.82) is 0 Å². The Morgan fingerprint density at radius 2 is 2.30 bits per heavy atom. The maximum absolute atomic E-state index is 13.3. The van der Waals surface area contributed by atoms with Crippen LogP contribution >= 0.6 is 0 Å². The fraction of sp³-hybridized carbons (Fsp3) is 0.652. The van der Waals surface area contributed by atoms with Gasteiger partial charge in [0.25, 0.3) is 5.91 Å². The number of hydrogen-bond donors (Lipinski definition) is 1. The van der Waals surface area contributed by atoms with Crippen LogP contribution < -0.4 is 5.32 Å². The van der Waals surface area contributed by atoms with Gasteiger partial charge in [-0.3, -0.25) is 9.78 Å². The molecule has 2 fully saturated rings. The molecule has 0 aromatic carbocycles. The highest BCUT2D eigenvalue weighted by molar-refractivity contribution is 5.84. The zero-order valence-electron chi connectivity index (χ0n) is 18.4. The van der Waals surface area contributed by atoms with Crippen molar-refractivity contribution in [3.05, 3.63) is 29.7 Å². The number of carbonyl (C=O) groups excluding carboxylic acids is 1. The molecule has 1 N–H and O–H groups in total. The van der Waals surface area contributed by atoms with Gasteiger partial charge in [-0.05, 0) is 44.2 Å². The van der Waals surface area contributed by atoms with Crippen LogP contribution in [0.1, 0.15) is 50.4 Å². The fourth-order valence-corrected chi connectivity index (χ4v) is 4.42. The van der Waals surface area contributed by atoms with Gasteiger partial charge in [-0.15, -0.1) is 0 Å². The van der Waals surface area contributed by atoms with E-state index in [1.807, 2.05) is 11.1 Å². The molecule has 1 aliphatic carbocycles. The summed E-state index contributed by atoms with van der Waals surface area (Å²) in [6, 6.07) is 2.40. The van der Waals surface area contributed by atoms with Crippen molar-refractivity contribution in [3.8, 4) is 0 Å². The van der Waals surface area contributed by atoms with Crippen molar-refractivity contribution in [3.63, 3.8) is 0 Å². The number of rotatable bonds is 9. The number of hydrogen-bond acceptors (Lipinski definition) is 5. The van der Waals surface area contributed by atoms with Gasteiger partial charge in [-0.2, -0.15) is 0 Å². The van der Waals surface area contributed by atoms with E-state index in [9.17, 15) is 4.79 Å². The van der Waals surface area contributed by atoms with Crippen LogP contribution in [0.4, 0.5) is 0 Å². The van der Waals surface area contributed by atoms with Crippen LogP contribution in [0.25, 0.3) is 10.9 Å². The molecule has 4 rings (SSSR count). The lowest BCUT2D eigenvalue weighted by Gasteiger charge is -2.34. The van der Waals surface area contributed by atoms with E-state index >= 15 is 0 Å². The number of aromatic nitrogens is 2. The molecule has 3 heterocycles. The molecular weight excluding hydrogens is 380 g/mol. The highest BCUT2D eigenvalue weighted by atomic mass is 16.5. The van der Waals surface area contributed by atoms with Crippen LogP contribution in [-0.4, -0.2) is 65.9 Å². The topological polar surface area (TPSA) is 68.6 Å². The Balaban J connectivity index is 1.61. The van der Waals surface area contributed by atoms with Crippen molar-refractivity contribution in [2.75, 3.05) is 33.4 Å². The van der Waals surface area contributed by atoms with Crippen molar-refractivity contribution >= 4 is 16.8 Å². The normalized spacial score (nSPS) is 20.4. The van der Waals surface area contributed by atoms with E-state index < -0.39 is 6.10 Å². The van der Waals surface area contributed by atoms with Gasteiger partial charge in [0.1, 0.15) is 6.10 Å². The lowest BCUT2D eigenvalue weighted by Crippen LogP contribution is -2.50. The number of fused-ring (bicyclic) bond motifs is 1. The van der Waals surface area contributed by atoms with Crippen LogP contribution in [0.3, 0.4) is 0 Å². The van der Waals surface area contributed by atoms with Gasteiger partial charge in [0, 0.05) is 57.2 Å². The Morgan fingerprint density at radius 3 is 2.97 bits per heavy atom. The smallest absolute Gasteiger partial charge is 0.253 e. The molecule has 0 spiro atoms. The molecule has 2 atom stereocenters. The first-order valence-corrected chi connectivity index (χ1v) is 11.2. The predicted octanol–water partition coefficient (Wildman–Crippen LogP) is 2.68. The summed E-state index contributed by atoms with van der Waals surface area (Å²) in [4.78, 5) is 20.1. The summed E-state index contributed by atoms with van der Waals surface area (Å²) < 4.78 is 13.3. The van der Waals surface area contributed by atoms with Gasteiger partial charge in [0.2, 0.25) is 0 Å². The molecule has 30 heavy (non-hydrogen) atoms. The minimum absolute atomic E-state index is 0.0765. The summed E-state index contributed by atoms with van der Waals surface area (Å²) in [5, 5.41) is 4.48. The minimum atomic E-state index is -0.393. The summed E-state index contributed by atoms with van der Waals surface area (Å²) in [7, 11) is 1.74. The summed E-state index contributed by atoms with van der Waals surface area (Å²) >= 11 is 0. The molecule has 1 amide bonds. The number of methoxy groups -OCH3 is 1. The SMILES string of the molecule is CCc1cn(CCCOC)c2cc([C@@H](C)N(C(=O)[C@H]3CNCCO3)C3CC3)ncc12. The fourth-order valence-electron chi connectivity index (χ4n) is 4.42. The first kappa shape index (κ1) is 21.3. The largest absolute Gasteiger partial charge is 0.385 e. The minimum Gasteiger partial charge on any atom is -0.385 e. The van der Waals surface area contributed by atoms with E-state index in [1.165, 1.54) is 16.5 Å². The predicted molar refractivity (Wildman–Crippen MR) is 116 cm³/mol. The summed E-state index contributed by atoms with van der Waals surface area (Å²) in [5.74, 6) is 0.0869. The van der Waals surface area contributed by atoms with E-state index in [0.717, 1.165) is 51.1 Å². The van der Waals surface area contributed by atoms with Gasteiger partial charge in [-0.25, -0.2) is 0 Å². The van der Waals surface area contributed by atoms with E-state index in [0.29, 0.717) is 19.2 Å². The summed E-state index contributed by atoms with van der Waals surface area (Å²) in [6.45, 7) is 7.91. The quantitative estimate of drug-likeness (QED) is 0.639. The van der Waals surface area contributed by atoms with Crippen molar-refractivity contribution in [2.24, 2.45) is 0 Å². The number of amides is 1. The van der Waals surface area contributed by atoms with E-state index in [4.69, 9.17) is 14.5 Å². The van der Waals surface area contributed by atoms with Crippen LogP contribution in [0.5, 0.6) is 0 Å². The zero-order valence-corrected chi connectivity index (χ0v) is 18.4. The number of ether oxygens (including phenoxy) is 2. The number of nitrogens with one attached hydrogen (secondary N) is 1. The molecule has 7 heteroatoms. The van der Waals surface area contributed by atoms with Crippen LogP contribution in [-0.2, 0) is 27.2 Å². The van der Waals surface area contributed by atoms with Crippen molar-refractivity contribution < 1.29 is 14.3 Å². The molecule has 0 radical (unpaired) electrons. The molecule has 1 saturated heterocycles. The third-order valence-corrected chi connectivity index (χ3v) is 6.24. The zero-order chi connectivity index (χ0) is 21.1. The number of aryl methyl sites for hydroxylation is 2. The highest BCUT2D eigenvalue weighted by Gasteiger charge is 2.40. The lowest BCUT2D eigenvalue weighted by molar-refractivity contribution is -0.148. The standard InChI is InChI=1S/C23H34N4O3/c1-4-17-15-26(9-5-10-29-3)21-12-20(25-13-19(17)21)16(2)27(18-6-7-18)23(28)22-14-24-8-11-30-22/h12-13,15-16,18,22,24H,4-11,14H2,1-3H3/t16-,22-/m1/s1. The van der Waals surface area contributed by atoms with E-state index in [1.54, 1.807) is 7.11 Å². The molecule has 1 aliphatic heterocycles. The molecule has 0 bridgehead atoms. The monoisotopic (exact) mass is 414 g/mol. The van der Waals surface area contributed by atoms with Gasteiger partial charge in [-0.1, -0.05) is 6.92 Å². The van der Waals surface area contributed by atoms with Crippen LogP contribution in [0, 0.1) is 0 Å². The average Bonchev–Trinajstić information content (AvgIpc) is 3.55. The molecule has 164 valence electrons. The maximum atomic E-state index is 13.3. The Hall–Kier alpha value is -1.96. The number of morpholine rings is 1. The van der Waals surface area contributed by atoms with Gasteiger partial charge < -0.3 is 24.3 Å². The van der Waals surface area contributed by atoms with Crippen molar-refractivity contribution in [1.82, 2.24) is 19.8 Å². The van der Waals surface area contributed by atoms with Crippen LogP contribution in [0.2, 0.25) is 0 Å². The number of carbonyl (C=O) groups is 1. The summed E-state index contributed by atoms with van der Waals surface area (Å²) in [5.41, 5.74) is 3.45. The Morgan fingerprint density at radius 1 is 1.47 bits per heavy atom. The first-order valence-electron chi connectivity index (χ1n) is 11.2. The molecular formula is C23H34N4O3. The van der Waals surface area contributed by atoms with E-state index in [2.05, 4.69) is 36.0 Å². The second-order valence-corrected chi connectivity index (χ2v) is 8.39. The molecule has 7 nitrogen and oxygen atoms in total. The molecule has 2 aromatic rings. The average molecular weight is 415 g/mol. The summed E-state index contributed by atoms with van der Waals surface area (Å²) in [6.07, 6.45) is 7.90. The van der Waals surface area contributed by atoms with Gasteiger partial charge in [0.15, 0.2) is 0 Å². The molecule has 2 aromatic heterocycles. The molecule has 2 aliphatic rings. The van der Waals surface area contributed by atoms with Gasteiger partial charge >= 0.3 is 0 Å². The molecule has 1 saturated carbocycles. The third kappa shape index (κ3) is 4.38. The lowest BCUT2D eigenvalue weighted by atomic mass is 10.1. The molecule has 0 unspecified atom stereocenters. The highest BCUT2D eigenvalue weighted by Crippen LogP contribution is 2.35. The third-order valence-electron chi connectivity index (χ3n) is 6.24. The second kappa shape index (κ2) is 9.45.